The van der Waals surface area contributed by atoms with Crippen molar-refractivity contribution in [2.45, 2.75) is 4.90 Å². The minimum atomic E-state index is -4.30. The smallest absolute Gasteiger partial charge is 0.295 e. The SMILES string of the molecule is O=S(=O)(O)c1ccc(O)c2ncccc12.[Mg]. The van der Waals surface area contributed by atoms with Crippen molar-refractivity contribution >= 4 is 44.1 Å². The van der Waals surface area contributed by atoms with Crippen LogP contribution in [-0.2, 0) is 10.1 Å². The van der Waals surface area contributed by atoms with Gasteiger partial charge >= 0.3 is 0 Å². The first-order valence-corrected chi connectivity index (χ1v) is 5.48. The normalized spacial score (nSPS) is 11.1. The van der Waals surface area contributed by atoms with Crippen LogP contribution in [-0.4, -0.2) is 46.1 Å². The Hall–Kier alpha value is -0.894. The third-order valence-electron chi connectivity index (χ3n) is 1.99. The van der Waals surface area contributed by atoms with E-state index in [2.05, 4.69) is 4.98 Å². The second-order valence-corrected chi connectivity index (χ2v) is 4.35. The highest BCUT2D eigenvalue weighted by Gasteiger charge is 2.15. The molecule has 2 aromatic rings. The zero-order chi connectivity index (χ0) is 11.1. The molecule has 0 aliphatic carbocycles. The number of rotatable bonds is 1. The van der Waals surface area contributed by atoms with E-state index in [0.717, 1.165) is 6.07 Å². The van der Waals surface area contributed by atoms with Gasteiger partial charge in [-0.1, -0.05) is 0 Å². The van der Waals surface area contributed by atoms with E-state index in [1.54, 1.807) is 0 Å². The number of hydrogen-bond donors (Lipinski definition) is 2. The van der Waals surface area contributed by atoms with E-state index in [1.165, 1.54) is 24.4 Å². The topological polar surface area (TPSA) is 87.5 Å². The van der Waals surface area contributed by atoms with Gasteiger partial charge in [0.2, 0.25) is 0 Å². The number of phenols is 1. The lowest BCUT2D eigenvalue weighted by atomic mass is 10.2. The summed E-state index contributed by atoms with van der Waals surface area (Å²) in [6.45, 7) is 0. The molecule has 0 saturated heterocycles. The fourth-order valence-corrected chi connectivity index (χ4v) is 2.04. The fourth-order valence-electron chi connectivity index (χ4n) is 1.36. The van der Waals surface area contributed by atoms with E-state index < -0.39 is 10.1 Å². The lowest BCUT2D eigenvalue weighted by Gasteiger charge is -2.03. The molecule has 0 aliphatic rings. The standard InChI is InChI=1S/C9H7NO4S.Mg/c11-7-3-4-8(15(12,13)14)6-2-1-5-10-9(6)7;/h1-5,11H,(H,12,13,14);. The molecular formula is C9H7MgNO4S. The predicted molar refractivity (Wildman–Crippen MR) is 59.0 cm³/mol. The van der Waals surface area contributed by atoms with E-state index in [9.17, 15) is 13.5 Å². The zero-order valence-corrected chi connectivity index (χ0v) is 10.4. The van der Waals surface area contributed by atoms with Gasteiger partial charge in [-0.05, 0) is 24.3 Å². The summed E-state index contributed by atoms with van der Waals surface area (Å²) in [6.07, 6.45) is 1.43. The van der Waals surface area contributed by atoms with Crippen LogP contribution >= 0.6 is 0 Å². The van der Waals surface area contributed by atoms with Gasteiger partial charge in [0.05, 0.1) is 0 Å². The monoisotopic (exact) mass is 249 g/mol. The fraction of sp³-hybridized carbons (Fsp3) is 0. The van der Waals surface area contributed by atoms with Crippen molar-refractivity contribution < 1.29 is 18.1 Å². The van der Waals surface area contributed by atoms with Gasteiger partial charge in [0.15, 0.2) is 0 Å². The summed E-state index contributed by atoms with van der Waals surface area (Å²) in [4.78, 5) is 3.57. The molecule has 80 valence electrons. The molecule has 0 saturated carbocycles. The average Bonchev–Trinajstić information content (AvgIpc) is 2.17. The highest BCUT2D eigenvalue weighted by Crippen LogP contribution is 2.27. The largest absolute Gasteiger partial charge is 0.506 e. The van der Waals surface area contributed by atoms with Crippen molar-refractivity contribution in [3.63, 3.8) is 0 Å². The Morgan fingerprint density at radius 1 is 1.19 bits per heavy atom. The number of aromatic nitrogens is 1. The highest BCUT2D eigenvalue weighted by molar-refractivity contribution is 7.86. The molecule has 2 N–H and O–H groups in total. The molecule has 2 radical (unpaired) electrons. The highest BCUT2D eigenvalue weighted by atomic mass is 32.2. The number of aromatic hydroxyl groups is 1. The minimum absolute atomic E-state index is 0. The first-order chi connectivity index (χ1) is 7.00. The number of pyridine rings is 1. The first kappa shape index (κ1) is 13.2. The van der Waals surface area contributed by atoms with E-state index in [1.807, 2.05) is 0 Å². The van der Waals surface area contributed by atoms with E-state index in [4.69, 9.17) is 4.55 Å². The predicted octanol–water partition coefficient (Wildman–Crippen LogP) is 0.806. The van der Waals surface area contributed by atoms with Gasteiger partial charge in [0.25, 0.3) is 10.1 Å². The van der Waals surface area contributed by atoms with Crippen molar-refractivity contribution in [1.29, 1.82) is 0 Å². The Kier molecular flexibility index (Phi) is 3.74. The van der Waals surface area contributed by atoms with E-state index in [0.29, 0.717) is 0 Å². The Labute approximate surface area is 108 Å². The van der Waals surface area contributed by atoms with Gasteiger partial charge in [-0.25, -0.2) is 0 Å². The second-order valence-electron chi connectivity index (χ2n) is 2.96. The van der Waals surface area contributed by atoms with Gasteiger partial charge in [-0.2, -0.15) is 8.42 Å². The summed E-state index contributed by atoms with van der Waals surface area (Å²) in [5.74, 6) is -0.127. The summed E-state index contributed by atoms with van der Waals surface area (Å²) in [5, 5.41) is 9.62. The second kappa shape index (κ2) is 4.54. The summed E-state index contributed by atoms with van der Waals surface area (Å²) in [5.41, 5.74) is 0.146. The van der Waals surface area contributed by atoms with Crippen LogP contribution in [0.3, 0.4) is 0 Å². The lowest BCUT2D eigenvalue weighted by molar-refractivity contribution is 0.478. The Morgan fingerprint density at radius 3 is 2.50 bits per heavy atom. The first-order valence-electron chi connectivity index (χ1n) is 4.04. The van der Waals surface area contributed by atoms with Crippen molar-refractivity contribution in [1.82, 2.24) is 4.98 Å². The van der Waals surface area contributed by atoms with Gasteiger partial charge in [-0.3, -0.25) is 9.54 Å². The lowest BCUT2D eigenvalue weighted by Crippen LogP contribution is -1.99. The summed E-state index contributed by atoms with van der Waals surface area (Å²) < 4.78 is 30.9. The van der Waals surface area contributed by atoms with E-state index >= 15 is 0 Å². The molecule has 1 aromatic heterocycles. The molecule has 0 aliphatic heterocycles. The summed E-state index contributed by atoms with van der Waals surface area (Å²) in [7, 11) is -4.30. The quantitative estimate of drug-likeness (QED) is 0.577. The molecule has 5 nitrogen and oxygen atoms in total. The van der Waals surface area contributed by atoms with Crippen molar-refractivity contribution in [2.75, 3.05) is 0 Å². The molecule has 16 heavy (non-hydrogen) atoms. The van der Waals surface area contributed by atoms with Crippen LogP contribution in [0.2, 0.25) is 0 Å². The Morgan fingerprint density at radius 2 is 1.88 bits per heavy atom. The molecule has 0 fully saturated rings. The average molecular weight is 250 g/mol. The summed E-state index contributed by atoms with van der Waals surface area (Å²) in [6, 6.07) is 5.30. The Balaban J connectivity index is 0.00000128. The van der Waals surface area contributed by atoms with E-state index in [-0.39, 0.29) is 44.6 Å². The maximum absolute atomic E-state index is 11.0. The van der Waals surface area contributed by atoms with Crippen LogP contribution in [0.25, 0.3) is 10.9 Å². The zero-order valence-electron chi connectivity index (χ0n) is 8.16. The van der Waals surface area contributed by atoms with Gasteiger partial charge in [-0.15, -0.1) is 0 Å². The molecular weight excluding hydrogens is 242 g/mol. The third-order valence-corrected chi connectivity index (χ3v) is 2.90. The van der Waals surface area contributed by atoms with Crippen molar-refractivity contribution in [2.24, 2.45) is 0 Å². The van der Waals surface area contributed by atoms with Gasteiger partial charge < -0.3 is 5.11 Å². The molecule has 0 bridgehead atoms. The maximum Gasteiger partial charge on any atom is 0.295 e. The van der Waals surface area contributed by atoms with Crippen LogP contribution in [0, 0.1) is 0 Å². The Bertz CT molecular complexity index is 626. The van der Waals surface area contributed by atoms with Crippen LogP contribution < -0.4 is 0 Å². The number of fused-ring (bicyclic) bond motifs is 1. The van der Waals surface area contributed by atoms with Crippen LogP contribution in [0.5, 0.6) is 5.75 Å². The number of nitrogens with zero attached hydrogens (tertiary/aromatic N) is 1. The van der Waals surface area contributed by atoms with Gasteiger partial charge in [0, 0.05) is 34.6 Å². The third kappa shape index (κ3) is 2.27. The number of phenolic OH excluding ortho intramolecular Hbond substituents is 1. The van der Waals surface area contributed by atoms with Gasteiger partial charge in [0.1, 0.15) is 16.2 Å². The number of benzene rings is 1. The summed E-state index contributed by atoms with van der Waals surface area (Å²) >= 11 is 0. The van der Waals surface area contributed by atoms with Crippen LogP contribution in [0.15, 0.2) is 35.4 Å². The molecule has 2 rings (SSSR count). The molecule has 1 aromatic carbocycles. The molecule has 0 amide bonds. The maximum atomic E-state index is 11.0. The molecule has 0 atom stereocenters. The molecule has 1 heterocycles. The molecule has 0 unspecified atom stereocenters. The molecule has 7 heteroatoms. The van der Waals surface area contributed by atoms with Crippen LogP contribution in [0.4, 0.5) is 0 Å². The van der Waals surface area contributed by atoms with Crippen molar-refractivity contribution in [3.05, 3.63) is 30.5 Å². The number of hydrogen-bond acceptors (Lipinski definition) is 4. The van der Waals surface area contributed by atoms with Crippen molar-refractivity contribution in [3.8, 4) is 5.75 Å². The van der Waals surface area contributed by atoms with Crippen LogP contribution in [0.1, 0.15) is 0 Å². The molecule has 0 spiro atoms. The minimum Gasteiger partial charge on any atom is -0.506 e.